The average Bonchev–Trinajstić information content (AvgIpc) is 3.69. The van der Waals surface area contributed by atoms with E-state index in [9.17, 15) is 0 Å². The van der Waals surface area contributed by atoms with Gasteiger partial charge >= 0.3 is 0 Å². The number of rotatable bonds is 3. The third-order valence-corrected chi connectivity index (χ3v) is 12.2. The molecule has 0 fully saturated rings. The average molecular weight is 690 g/mol. The van der Waals surface area contributed by atoms with Crippen LogP contribution in [0.4, 0.5) is 17.1 Å². The van der Waals surface area contributed by atoms with Gasteiger partial charge in [0.05, 0.1) is 11.1 Å². The molecule has 0 saturated carbocycles. The molecule has 0 atom stereocenters. The van der Waals surface area contributed by atoms with E-state index in [2.05, 4.69) is 208 Å². The van der Waals surface area contributed by atoms with Crippen LogP contribution in [-0.2, 0) is 10.8 Å². The topological polar surface area (TPSA) is 3.24 Å². The molecule has 0 aliphatic heterocycles. The molecule has 256 valence electrons. The first-order valence-corrected chi connectivity index (χ1v) is 19.1. The molecule has 1 spiro atoms. The van der Waals surface area contributed by atoms with Crippen molar-refractivity contribution in [1.82, 2.24) is 0 Å². The molecule has 0 heterocycles. The Balaban J connectivity index is 1.23. The van der Waals surface area contributed by atoms with Gasteiger partial charge in [0.25, 0.3) is 0 Å². The number of hydrogen-bond donors (Lipinski definition) is 0. The third-order valence-electron chi connectivity index (χ3n) is 12.2. The summed E-state index contributed by atoms with van der Waals surface area (Å²) in [5.41, 5.74) is 15.1. The van der Waals surface area contributed by atoms with E-state index >= 15 is 0 Å². The smallest absolute Gasteiger partial charge is 0.0726 e. The second kappa shape index (κ2) is 11.3. The zero-order valence-corrected chi connectivity index (χ0v) is 30.8. The number of fused-ring (bicyclic) bond motifs is 16. The van der Waals surface area contributed by atoms with Gasteiger partial charge in [-0.2, -0.15) is 0 Å². The van der Waals surface area contributed by atoms with Crippen molar-refractivity contribution in [2.75, 3.05) is 4.90 Å². The summed E-state index contributed by atoms with van der Waals surface area (Å²) in [7, 11) is 0. The summed E-state index contributed by atoms with van der Waals surface area (Å²) in [6.07, 6.45) is 0. The van der Waals surface area contributed by atoms with E-state index in [1.165, 1.54) is 88.1 Å². The van der Waals surface area contributed by atoms with Crippen LogP contribution in [0.2, 0.25) is 0 Å². The number of benzene rings is 9. The fraction of sp³-hybridized carbons (Fsp3) is 0.0943. The van der Waals surface area contributed by atoms with Crippen LogP contribution in [0.3, 0.4) is 0 Å². The Morgan fingerprint density at radius 3 is 1.39 bits per heavy atom. The standard InChI is InChI=1S/C53H39N/c1-52(2,3)34-27-29-35(30-28-34)54(36-31-32-41-39-17-5-4-15-37(39)38-16-6-7-18-40(38)45(41)33-36)50-26-14-25-49-51(50)44-21-10-13-24-48(44)53(49)46-22-11-8-19-42(46)43-20-9-12-23-47(43)53/h4-33H,1-3H3. The van der Waals surface area contributed by atoms with Gasteiger partial charge in [-0.25, -0.2) is 0 Å². The highest BCUT2D eigenvalue weighted by atomic mass is 15.1. The first-order valence-electron chi connectivity index (χ1n) is 19.1. The zero-order valence-electron chi connectivity index (χ0n) is 30.8. The largest absolute Gasteiger partial charge is 0.310 e. The maximum Gasteiger partial charge on any atom is 0.0726 e. The zero-order chi connectivity index (χ0) is 36.2. The lowest BCUT2D eigenvalue weighted by Crippen LogP contribution is -2.26. The van der Waals surface area contributed by atoms with Gasteiger partial charge in [-0.15, -0.1) is 0 Å². The summed E-state index contributed by atoms with van der Waals surface area (Å²) < 4.78 is 0. The molecule has 2 aliphatic carbocycles. The van der Waals surface area contributed by atoms with Crippen molar-refractivity contribution < 1.29 is 0 Å². The van der Waals surface area contributed by atoms with Gasteiger partial charge < -0.3 is 4.90 Å². The molecule has 1 nitrogen and oxygen atoms in total. The van der Waals surface area contributed by atoms with E-state index < -0.39 is 5.41 Å². The van der Waals surface area contributed by atoms with Gasteiger partial charge in [0, 0.05) is 16.9 Å². The van der Waals surface area contributed by atoms with Gasteiger partial charge in [-0.1, -0.05) is 172 Å². The lowest BCUT2D eigenvalue weighted by molar-refractivity contribution is 0.590. The first kappa shape index (κ1) is 31.1. The van der Waals surface area contributed by atoms with Crippen LogP contribution in [0, 0.1) is 0 Å². The number of nitrogens with zero attached hydrogens (tertiary/aromatic N) is 1. The summed E-state index contributed by atoms with van der Waals surface area (Å²) in [6, 6.07) is 68.4. The summed E-state index contributed by atoms with van der Waals surface area (Å²) in [5, 5.41) is 7.68. The predicted molar refractivity (Wildman–Crippen MR) is 229 cm³/mol. The van der Waals surface area contributed by atoms with Crippen LogP contribution >= 0.6 is 0 Å². The normalized spacial score (nSPS) is 13.6. The second-order valence-corrected chi connectivity index (χ2v) is 16.0. The molecule has 0 N–H and O–H groups in total. The van der Waals surface area contributed by atoms with Crippen molar-refractivity contribution in [2.24, 2.45) is 0 Å². The van der Waals surface area contributed by atoms with Gasteiger partial charge in [0.1, 0.15) is 0 Å². The molecule has 0 saturated heterocycles. The highest BCUT2D eigenvalue weighted by Gasteiger charge is 2.52. The molecule has 2 aliphatic rings. The molecule has 1 heteroatoms. The maximum absolute atomic E-state index is 2.51. The Bertz CT molecular complexity index is 2900. The molecule has 9 aromatic rings. The predicted octanol–water partition coefficient (Wildman–Crippen LogP) is 14.3. The summed E-state index contributed by atoms with van der Waals surface area (Å²) in [4.78, 5) is 2.51. The Kier molecular flexibility index (Phi) is 6.50. The van der Waals surface area contributed by atoms with E-state index in [1.807, 2.05) is 0 Å². The fourth-order valence-corrected chi connectivity index (χ4v) is 9.88. The lowest BCUT2D eigenvalue weighted by Gasteiger charge is -2.32. The Morgan fingerprint density at radius 2 is 0.815 bits per heavy atom. The first-order chi connectivity index (χ1) is 26.4. The van der Waals surface area contributed by atoms with E-state index in [0.29, 0.717) is 0 Å². The van der Waals surface area contributed by atoms with Crippen molar-refractivity contribution in [3.63, 3.8) is 0 Å². The molecule has 0 amide bonds. The minimum Gasteiger partial charge on any atom is -0.310 e. The van der Waals surface area contributed by atoms with Crippen LogP contribution in [-0.4, -0.2) is 0 Å². The summed E-state index contributed by atoms with van der Waals surface area (Å²) >= 11 is 0. The van der Waals surface area contributed by atoms with Crippen molar-refractivity contribution in [3.8, 4) is 22.3 Å². The Morgan fingerprint density at radius 1 is 0.370 bits per heavy atom. The van der Waals surface area contributed by atoms with Crippen molar-refractivity contribution in [2.45, 2.75) is 31.6 Å². The molecule has 54 heavy (non-hydrogen) atoms. The number of anilines is 3. The fourth-order valence-electron chi connectivity index (χ4n) is 9.88. The highest BCUT2D eigenvalue weighted by Crippen LogP contribution is 2.64. The molecule has 0 bridgehead atoms. The maximum atomic E-state index is 2.51. The molecule has 0 radical (unpaired) electrons. The molecule has 0 aromatic heterocycles. The van der Waals surface area contributed by atoms with Crippen molar-refractivity contribution in [1.29, 1.82) is 0 Å². The van der Waals surface area contributed by atoms with E-state index in [4.69, 9.17) is 0 Å². The quantitative estimate of drug-likeness (QED) is 0.167. The molecule has 0 unspecified atom stereocenters. The minimum absolute atomic E-state index is 0.0504. The molecular weight excluding hydrogens is 651 g/mol. The molecule has 9 aromatic carbocycles. The monoisotopic (exact) mass is 689 g/mol. The van der Waals surface area contributed by atoms with Gasteiger partial charge in [0.2, 0.25) is 0 Å². The van der Waals surface area contributed by atoms with Crippen LogP contribution in [0.5, 0.6) is 0 Å². The van der Waals surface area contributed by atoms with Gasteiger partial charge in [-0.3, -0.25) is 0 Å². The molecule has 11 rings (SSSR count). The van der Waals surface area contributed by atoms with Crippen molar-refractivity contribution in [3.05, 3.63) is 210 Å². The lowest BCUT2D eigenvalue weighted by atomic mass is 9.70. The second-order valence-electron chi connectivity index (χ2n) is 16.0. The highest BCUT2D eigenvalue weighted by molar-refractivity contribution is 6.26. The minimum atomic E-state index is -0.407. The van der Waals surface area contributed by atoms with Gasteiger partial charge in [0.15, 0.2) is 0 Å². The Labute approximate surface area is 316 Å². The van der Waals surface area contributed by atoms with E-state index in [0.717, 1.165) is 11.4 Å². The summed E-state index contributed by atoms with van der Waals surface area (Å²) in [5.74, 6) is 0. The molecular formula is C53H39N. The van der Waals surface area contributed by atoms with Crippen LogP contribution in [0.25, 0.3) is 54.6 Å². The van der Waals surface area contributed by atoms with Crippen LogP contribution in [0.1, 0.15) is 48.6 Å². The van der Waals surface area contributed by atoms with Gasteiger partial charge in [-0.05, 0) is 113 Å². The third kappa shape index (κ3) is 4.15. The van der Waals surface area contributed by atoms with Crippen molar-refractivity contribution >= 4 is 49.4 Å². The van der Waals surface area contributed by atoms with E-state index in [1.54, 1.807) is 0 Å². The number of hydrogen-bond acceptors (Lipinski definition) is 1. The summed E-state index contributed by atoms with van der Waals surface area (Å²) in [6.45, 7) is 6.86. The van der Waals surface area contributed by atoms with Crippen LogP contribution in [0.15, 0.2) is 182 Å². The van der Waals surface area contributed by atoms with E-state index in [-0.39, 0.29) is 5.41 Å². The van der Waals surface area contributed by atoms with Crippen LogP contribution < -0.4 is 4.90 Å². The Hall–Kier alpha value is -6.44. The SMILES string of the molecule is CC(C)(C)c1ccc(N(c2ccc3c4ccccc4c4ccccc4c3c2)c2cccc3c2-c2ccccc2C32c3ccccc3-c3ccccc32)cc1.